The van der Waals surface area contributed by atoms with Crippen LogP contribution < -0.4 is 4.74 Å². The number of carbonyl (C=O) groups is 3. The van der Waals surface area contributed by atoms with E-state index in [1.807, 2.05) is 0 Å². The third-order valence-corrected chi connectivity index (χ3v) is 4.55. The molecule has 0 saturated heterocycles. The van der Waals surface area contributed by atoms with Crippen molar-refractivity contribution in [2.45, 2.75) is 13.8 Å². The van der Waals surface area contributed by atoms with Crippen molar-refractivity contribution in [3.63, 3.8) is 0 Å². The fourth-order valence-corrected chi connectivity index (χ4v) is 2.91. The standard InChI is InChI=1S/C13H10F3NO3S.C5H7BrO3/c1-3-20-13(18)8-5-21-12(17-8)6-4-7(14)10(16)11(19-2)9(6)15;1-2-9-5(8)4(7)3-6/h4-5H,3H2,1-2H3;2-3H2,1H3. The van der Waals surface area contributed by atoms with Gasteiger partial charge in [-0.15, -0.1) is 11.3 Å². The number of ketones is 1. The van der Waals surface area contributed by atoms with Crippen molar-refractivity contribution in [3.8, 4) is 16.3 Å². The lowest BCUT2D eigenvalue weighted by Gasteiger charge is -2.07. The minimum absolute atomic E-state index is 0.0211. The SMILES string of the molecule is CCOC(=O)C(=O)CBr.CCOC(=O)c1csc(-c2cc(F)c(F)c(OC)c2F)n1. The number of Topliss-reactive ketones (excluding diaryl/α,β-unsaturated/α-hetero) is 1. The van der Waals surface area contributed by atoms with E-state index in [9.17, 15) is 27.6 Å². The molecule has 7 nitrogen and oxygen atoms in total. The highest BCUT2D eigenvalue weighted by atomic mass is 79.9. The Hall–Kier alpha value is -2.47. The Morgan fingerprint density at radius 2 is 1.73 bits per heavy atom. The quantitative estimate of drug-likeness (QED) is 0.240. The maximum absolute atomic E-state index is 14.1. The summed E-state index contributed by atoms with van der Waals surface area (Å²) in [5, 5.41) is 1.40. The van der Waals surface area contributed by atoms with Crippen LogP contribution in [0.5, 0.6) is 5.75 Å². The van der Waals surface area contributed by atoms with E-state index in [4.69, 9.17) is 4.74 Å². The van der Waals surface area contributed by atoms with E-state index in [0.717, 1.165) is 18.4 Å². The highest BCUT2D eigenvalue weighted by molar-refractivity contribution is 9.09. The second kappa shape index (κ2) is 12.3. The second-order valence-corrected chi connectivity index (χ2v) is 6.52. The van der Waals surface area contributed by atoms with Gasteiger partial charge in [0.15, 0.2) is 23.1 Å². The van der Waals surface area contributed by atoms with Gasteiger partial charge < -0.3 is 14.2 Å². The summed E-state index contributed by atoms with van der Waals surface area (Å²) < 4.78 is 54.5. The minimum Gasteiger partial charge on any atom is -0.491 e. The van der Waals surface area contributed by atoms with Crippen LogP contribution >= 0.6 is 27.3 Å². The number of rotatable bonds is 7. The van der Waals surface area contributed by atoms with Crippen LogP contribution in [0.4, 0.5) is 13.2 Å². The van der Waals surface area contributed by atoms with Crippen LogP contribution in [0.3, 0.4) is 0 Å². The molecule has 0 unspecified atom stereocenters. The number of hydrogen-bond donors (Lipinski definition) is 0. The van der Waals surface area contributed by atoms with Crippen LogP contribution in [0.15, 0.2) is 11.4 Å². The number of thiazole rings is 1. The minimum atomic E-state index is -1.42. The molecule has 1 aromatic carbocycles. The van der Waals surface area contributed by atoms with Gasteiger partial charge in [-0.2, -0.15) is 4.39 Å². The van der Waals surface area contributed by atoms with Crippen molar-refractivity contribution in [1.29, 1.82) is 0 Å². The van der Waals surface area contributed by atoms with E-state index in [1.165, 1.54) is 5.38 Å². The molecular weight excluding hydrogens is 495 g/mol. The van der Waals surface area contributed by atoms with E-state index in [0.29, 0.717) is 6.07 Å². The number of aromatic nitrogens is 1. The Morgan fingerprint density at radius 3 is 2.27 bits per heavy atom. The average molecular weight is 512 g/mol. The Labute approximate surface area is 182 Å². The zero-order chi connectivity index (χ0) is 22.8. The summed E-state index contributed by atoms with van der Waals surface area (Å²) in [5.41, 5.74) is -0.314. The number of esters is 2. The van der Waals surface area contributed by atoms with E-state index in [-0.39, 0.29) is 34.8 Å². The lowest BCUT2D eigenvalue weighted by Crippen LogP contribution is -2.17. The molecule has 2 aromatic rings. The Morgan fingerprint density at radius 1 is 1.10 bits per heavy atom. The summed E-state index contributed by atoms with van der Waals surface area (Å²) in [4.78, 5) is 36.1. The van der Waals surface area contributed by atoms with Gasteiger partial charge in [0, 0.05) is 5.38 Å². The summed E-state index contributed by atoms with van der Waals surface area (Å²) in [5.74, 6) is -6.59. The molecule has 0 aliphatic carbocycles. The van der Waals surface area contributed by atoms with E-state index >= 15 is 0 Å². The first-order valence-corrected chi connectivity index (χ1v) is 10.3. The molecule has 164 valence electrons. The van der Waals surface area contributed by atoms with Gasteiger partial charge in [-0.1, -0.05) is 15.9 Å². The predicted molar refractivity (Wildman–Crippen MR) is 105 cm³/mol. The highest BCUT2D eigenvalue weighted by Gasteiger charge is 2.23. The third kappa shape index (κ3) is 6.52. The molecule has 0 N–H and O–H groups in total. The number of benzene rings is 1. The molecule has 0 fully saturated rings. The van der Waals surface area contributed by atoms with Gasteiger partial charge in [0.25, 0.3) is 0 Å². The predicted octanol–water partition coefficient (Wildman–Crippen LogP) is 3.93. The van der Waals surface area contributed by atoms with Gasteiger partial charge in [-0.05, 0) is 19.9 Å². The first-order valence-electron chi connectivity index (χ1n) is 8.32. The molecule has 0 aliphatic rings. The lowest BCUT2D eigenvalue weighted by atomic mass is 10.2. The van der Waals surface area contributed by atoms with Gasteiger partial charge >= 0.3 is 11.9 Å². The first-order chi connectivity index (χ1) is 14.2. The molecule has 0 aliphatic heterocycles. The topological polar surface area (TPSA) is 91.8 Å². The van der Waals surface area contributed by atoms with Gasteiger partial charge in [0.1, 0.15) is 5.01 Å². The van der Waals surface area contributed by atoms with Crippen molar-refractivity contribution < 1.29 is 41.8 Å². The molecule has 30 heavy (non-hydrogen) atoms. The Kier molecular flexibility index (Phi) is 10.5. The van der Waals surface area contributed by atoms with Gasteiger partial charge in [0.2, 0.25) is 11.6 Å². The van der Waals surface area contributed by atoms with Crippen molar-refractivity contribution in [2.24, 2.45) is 0 Å². The number of methoxy groups -OCH3 is 1. The number of alkyl halides is 1. The summed E-state index contributed by atoms with van der Waals surface area (Å²) >= 11 is 3.74. The molecule has 0 spiro atoms. The molecular formula is C18H17BrF3NO6S. The number of halogens is 4. The maximum atomic E-state index is 14.1. The van der Waals surface area contributed by atoms with Crippen LogP contribution in [-0.4, -0.2) is 48.4 Å². The smallest absolute Gasteiger partial charge is 0.375 e. The molecule has 0 bridgehead atoms. The molecule has 0 amide bonds. The molecule has 1 aromatic heterocycles. The van der Waals surface area contributed by atoms with Crippen LogP contribution in [0.2, 0.25) is 0 Å². The van der Waals surface area contributed by atoms with Crippen LogP contribution in [0.25, 0.3) is 10.6 Å². The van der Waals surface area contributed by atoms with Crippen LogP contribution in [0.1, 0.15) is 24.3 Å². The largest absolute Gasteiger partial charge is 0.491 e. The average Bonchev–Trinajstić information content (AvgIpc) is 3.21. The van der Waals surface area contributed by atoms with Crippen molar-refractivity contribution >= 4 is 45.0 Å². The maximum Gasteiger partial charge on any atom is 0.375 e. The monoisotopic (exact) mass is 511 g/mol. The zero-order valence-electron chi connectivity index (χ0n) is 16.1. The van der Waals surface area contributed by atoms with Crippen LogP contribution in [0, 0.1) is 17.5 Å². The van der Waals surface area contributed by atoms with E-state index in [2.05, 4.69) is 30.4 Å². The second-order valence-electron chi connectivity index (χ2n) is 5.10. The van der Waals surface area contributed by atoms with Gasteiger partial charge in [-0.3, -0.25) is 4.79 Å². The highest BCUT2D eigenvalue weighted by Crippen LogP contribution is 2.34. The Bertz CT molecular complexity index is 922. The summed E-state index contributed by atoms with van der Waals surface area (Å²) in [7, 11) is 1.02. The summed E-state index contributed by atoms with van der Waals surface area (Å²) in [6.07, 6.45) is 0. The fraction of sp³-hybridized carbons (Fsp3) is 0.333. The van der Waals surface area contributed by atoms with Crippen molar-refractivity contribution in [2.75, 3.05) is 25.7 Å². The van der Waals surface area contributed by atoms with Gasteiger partial charge in [0.05, 0.1) is 31.2 Å². The molecule has 0 radical (unpaired) electrons. The summed E-state index contributed by atoms with van der Waals surface area (Å²) in [6, 6.07) is 0.668. The van der Waals surface area contributed by atoms with Crippen molar-refractivity contribution in [3.05, 3.63) is 34.6 Å². The van der Waals surface area contributed by atoms with Crippen molar-refractivity contribution in [1.82, 2.24) is 4.98 Å². The Balaban J connectivity index is 0.000000424. The van der Waals surface area contributed by atoms with Crippen LogP contribution in [-0.2, 0) is 19.1 Å². The number of nitrogens with zero attached hydrogens (tertiary/aromatic N) is 1. The fourth-order valence-electron chi connectivity index (χ4n) is 1.88. The zero-order valence-corrected chi connectivity index (χ0v) is 18.5. The van der Waals surface area contributed by atoms with E-state index in [1.54, 1.807) is 13.8 Å². The number of ether oxygens (including phenoxy) is 3. The molecule has 1 heterocycles. The number of carbonyl (C=O) groups excluding carboxylic acids is 3. The normalized spacial score (nSPS) is 9.97. The third-order valence-electron chi connectivity index (χ3n) is 3.16. The van der Waals surface area contributed by atoms with E-state index < -0.39 is 40.9 Å². The molecule has 2 rings (SSSR count). The molecule has 12 heteroatoms. The van der Waals surface area contributed by atoms with Gasteiger partial charge in [-0.25, -0.2) is 23.4 Å². The number of hydrogen-bond acceptors (Lipinski definition) is 8. The first kappa shape index (κ1) is 25.6. The lowest BCUT2D eigenvalue weighted by molar-refractivity contribution is -0.152. The molecule has 0 atom stereocenters. The summed E-state index contributed by atoms with van der Waals surface area (Å²) in [6.45, 7) is 3.70. The molecule has 0 saturated carbocycles.